The highest BCUT2D eigenvalue weighted by Crippen LogP contribution is 2.35. The van der Waals surface area contributed by atoms with Crippen LogP contribution < -0.4 is 4.90 Å². The molecule has 1 amide bonds. The zero-order chi connectivity index (χ0) is 14.2. The first-order chi connectivity index (χ1) is 8.93. The second kappa shape index (κ2) is 5.81. The largest absolute Gasteiger partial charge is 0.478 e. The van der Waals surface area contributed by atoms with Crippen LogP contribution in [-0.2, 0) is 4.79 Å². The molecule has 1 heterocycles. The van der Waals surface area contributed by atoms with Crippen molar-refractivity contribution in [3.05, 3.63) is 27.2 Å². The van der Waals surface area contributed by atoms with Gasteiger partial charge in [0, 0.05) is 22.8 Å². The van der Waals surface area contributed by atoms with E-state index in [0.717, 1.165) is 0 Å². The van der Waals surface area contributed by atoms with E-state index >= 15 is 0 Å². The number of carbonyl (C=O) groups is 2. The molecule has 2 rings (SSSR count). The Bertz CT molecular complexity index is 550. The fourth-order valence-corrected chi connectivity index (χ4v) is 2.98. The summed E-state index contributed by atoms with van der Waals surface area (Å²) in [5.41, 5.74) is 0.425. The quantitative estimate of drug-likeness (QED) is 0.774. The minimum absolute atomic E-state index is 0.0693. The third kappa shape index (κ3) is 2.95. The number of hydrogen-bond donors (Lipinski definition) is 1. The first-order valence-electron chi connectivity index (χ1n) is 5.52. The van der Waals surface area contributed by atoms with Gasteiger partial charge >= 0.3 is 5.97 Å². The standard InChI is InChI=1S/C12H10Br2ClNO3/c13-4-6-1-11(17)16(5-6)10-3-9(15)8(14)2-7(10)12(18)19/h2-3,6H,1,4-5H2,(H,18,19). The molecule has 7 heteroatoms. The maximum atomic E-state index is 12.0. The fourth-order valence-electron chi connectivity index (χ4n) is 2.05. The molecule has 1 fully saturated rings. The summed E-state index contributed by atoms with van der Waals surface area (Å²) >= 11 is 12.5. The molecular weight excluding hydrogens is 401 g/mol. The molecule has 19 heavy (non-hydrogen) atoms. The number of halogens is 3. The minimum Gasteiger partial charge on any atom is -0.478 e. The SMILES string of the molecule is O=C(O)c1cc(Br)c(Cl)cc1N1CC(CBr)CC1=O. The third-order valence-corrected chi connectivity index (χ3v) is 5.10. The van der Waals surface area contributed by atoms with Gasteiger partial charge < -0.3 is 10.0 Å². The summed E-state index contributed by atoms with van der Waals surface area (Å²) < 4.78 is 0.499. The molecule has 0 aliphatic carbocycles. The van der Waals surface area contributed by atoms with Crippen molar-refractivity contribution >= 4 is 61.0 Å². The Kier molecular flexibility index (Phi) is 4.53. The molecule has 0 bridgehead atoms. The molecule has 0 spiro atoms. The normalized spacial score (nSPS) is 19.0. The van der Waals surface area contributed by atoms with Crippen LogP contribution in [-0.4, -0.2) is 28.9 Å². The molecule has 0 aromatic heterocycles. The summed E-state index contributed by atoms with van der Waals surface area (Å²) in [5, 5.41) is 10.3. The van der Waals surface area contributed by atoms with Crippen molar-refractivity contribution in [1.29, 1.82) is 0 Å². The van der Waals surface area contributed by atoms with E-state index in [2.05, 4.69) is 31.9 Å². The molecule has 1 aromatic rings. The van der Waals surface area contributed by atoms with Gasteiger partial charge in [0.1, 0.15) is 0 Å². The van der Waals surface area contributed by atoms with Gasteiger partial charge in [0.2, 0.25) is 5.91 Å². The van der Waals surface area contributed by atoms with E-state index in [4.69, 9.17) is 11.6 Å². The van der Waals surface area contributed by atoms with Gasteiger partial charge in [-0.3, -0.25) is 4.79 Å². The number of aromatic carboxylic acids is 1. The number of carboxylic acids is 1. The summed E-state index contributed by atoms with van der Waals surface area (Å²) in [4.78, 5) is 24.8. The number of anilines is 1. The van der Waals surface area contributed by atoms with Crippen LogP contribution in [0.15, 0.2) is 16.6 Å². The Labute approximate surface area is 132 Å². The van der Waals surface area contributed by atoms with E-state index in [0.29, 0.717) is 33.5 Å². The number of alkyl halides is 1. The van der Waals surface area contributed by atoms with Gasteiger partial charge in [-0.1, -0.05) is 27.5 Å². The molecule has 1 aliphatic heterocycles. The van der Waals surface area contributed by atoms with Crippen molar-refractivity contribution in [3.63, 3.8) is 0 Å². The molecule has 102 valence electrons. The number of amides is 1. The van der Waals surface area contributed by atoms with Crippen molar-refractivity contribution in [2.45, 2.75) is 6.42 Å². The zero-order valence-corrected chi connectivity index (χ0v) is 13.6. The summed E-state index contributed by atoms with van der Waals surface area (Å²) in [6.07, 6.45) is 0.415. The van der Waals surface area contributed by atoms with Gasteiger partial charge in [0.15, 0.2) is 0 Å². The van der Waals surface area contributed by atoms with Gasteiger partial charge in [-0.15, -0.1) is 0 Å². The van der Waals surface area contributed by atoms with E-state index in [1.54, 1.807) is 0 Å². The molecule has 1 saturated heterocycles. The Morgan fingerprint density at radius 2 is 2.21 bits per heavy atom. The van der Waals surface area contributed by atoms with Gasteiger partial charge in [-0.05, 0) is 34.0 Å². The van der Waals surface area contributed by atoms with Gasteiger partial charge in [-0.2, -0.15) is 0 Å². The first-order valence-corrected chi connectivity index (χ1v) is 7.82. The van der Waals surface area contributed by atoms with E-state index in [9.17, 15) is 14.7 Å². The second-order valence-electron chi connectivity index (χ2n) is 4.32. The van der Waals surface area contributed by atoms with Crippen LogP contribution in [0, 0.1) is 5.92 Å². The van der Waals surface area contributed by atoms with Crippen LogP contribution in [0.3, 0.4) is 0 Å². The summed E-state index contributed by atoms with van der Waals surface area (Å²) in [6, 6.07) is 2.94. The lowest BCUT2D eigenvalue weighted by Gasteiger charge is -2.19. The highest BCUT2D eigenvalue weighted by molar-refractivity contribution is 9.10. The highest BCUT2D eigenvalue weighted by atomic mass is 79.9. The van der Waals surface area contributed by atoms with E-state index in [1.807, 2.05) is 0 Å². The molecule has 1 unspecified atom stereocenters. The van der Waals surface area contributed by atoms with Crippen LogP contribution in [0.4, 0.5) is 5.69 Å². The Hall–Kier alpha value is -0.590. The van der Waals surface area contributed by atoms with Crippen molar-refractivity contribution in [2.75, 3.05) is 16.8 Å². The molecule has 4 nitrogen and oxygen atoms in total. The van der Waals surface area contributed by atoms with Crippen molar-refractivity contribution in [1.82, 2.24) is 0 Å². The summed E-state index contributed by atoms with van der Waals surface area (Å²) in [7, 11) is 0. The highest BCUT2D eigenvalue weighted by Gasteiger charge is 2.32. The lowest BCUT2D eigenvalue weighted by Crippen LogP contribution is -2.26. The maximum absolute atomic E-state index is 12.0. The Balaban J connectivity index is 2.47. The number of nitrogens with zero attached hydrogens (tertiary/aromatic N) is 1. The lowest BCUT2D eigenvalue weighted by atomic mass is 10.1. The smallest absolute Gasteiger partial charge is 0.337 e. The van der Waals surface area contributed by atoms with Crippen LogP contribution >= 0.6 is 43.5 Å². The Morgan fingerprint density at radius 1 is 1.53 bits per heavy atom. The van der Waals surface area contributed by atoms with Gasteiger partial charge in [0.25, 0.3) is 0 Å². The number of carboxylic acid groups (broad SMARTS) is 1. The number of carbonyl (C=O) groups excluding carboxylic acids is 1. The van der Waals surface area contributed by atoms with Crippen LogP contribution in [0.5, 0.6) is 0 Å². The molecule has 0 saturated carbocycles. The average Bonchev–Trinajstić information content (AvgIpc) is 2.73. The summed E-state index contributed by atoms with van der Waals surface area (Å²) in [5.74, 6) is -0.968. The summed E-state index contributed by atoms with van der Waals surface area (Å²) in [6.45, 7) is 0.502. The molecule has 1 aliphatic rings. The predicted octanol–water partition coefficient (Wildman–Crippen LogP) is 3.55. The van der Waals surface area contributed by atoms with Crippen LogP contribution in [0.2, 0.25) is 5.02 Å². The Morgan fingerprint density at radius 3 is 2.74 bits per heavy atom. The van der Waals surface area contributed by atoms with Gasteiger partial charge in [-0.25, -0.2) is 4.79 Å². The van der Waals surface area contributed by atoms with E-state index in [-0.39, 0.29) is 17.4 Å². The van der Waals surface area contributed by atoms with Crippen molar-refractivity contribution in [3.8, 4) is 0 Å². The molecule has 1 N–H and O–H groups in total. The topological polar surface area (TPSA) is 57.6 Å². The van der Waals surface area contributed by atoms with Crippen molar-refractivity contribution in [2.24, 2.45) is 5.92 Å². The first kappa shape index (κ1) is 14.8. The number of benzene rings is 1. The van der Waals surface area contributed by atoms with Crippen molar-refractivity contribution < 1.29 is 14.7 Å². The van der Waals surface area contributed by atoms with E-state index < -0.39 is 5.97 Å². The average molecular weight is 411 g/mol. The number of rotatable bonds is 3. The number of hydrogen-bond acceptors (Lipinski definition) is 2. The predicted molar refractivity (Wildman–Crippen MR) is 80.4 cm³/mol. The monoisotopic (exact) mass is 409 g/mol. The third-order valence-electron chi connectivity index (χ3n) is 2.98. The van der Waals surface area contributed by atoms with Crippen LogP contribution in [0.25, 0.3) is 0 Å². The molecule has 1 atom stereocenters. The molecule has 1 aromatic carbocycles. The van der Waals surface area contributed by atoms with E-state index in [1.165, 1.54) is 17.0 Å². The molecule has 0 radical (unpaired) electrons. The minimum atomic E-state index is -1.08. The zero-order valence-electron chi connectivity index (χ0n) is 9.70. The van der Waals surface area contributed by atoms with Crippen LogP contribution in [0.1, 0.15) is 16.8 Å². The molecular formula is C12H10Br2ClNO3. The fraction of sp³-hybridized carbons (Fsp3) is 0.333. The van der Waals surface area contributed by atoms with Gasteiger partial charge in [0.05, 0.1) is 16.3 Å². The maximum Gasteiger partial charge on any atom is 0.337 e. The second-order valence-corrected chi connectivity index (χ2v) is 6.23. The lowest BCUT2D eigenvalue weighted by molar-refractivity contribution is -0.117.